The summed E-state index contributed by atoms with van der Waals surface area (Å²) in [6.45, 7) is 4.35. The number of nitrogens with one attached hydrogen (secondary N) is 1. The lowest BCUT2D eigenvalue weighted by atomic mass is 10.0. The van der Waals surface area contributed by atoms with Crippen LogP contribution in [0.5, 0.6) is 17.2 Å². The number of anilines is 1. The molecule has 4 aromatic carbocycles. The number of hydrogen-bond acceptors (Lipinski definition) is 9. The number of hydrogen-bond donors (Lipinski definition) is 1. The van der Waals surface area contributed by atoms with Crippen LogP contribution in [0.1, 0.15) is 46.3 Å². The number of methoxy groups -OCH3 is 1. The Balaban J connectivity index is 1.13. The van der Waals surface area contributed by atoms with Crippen molar-refractivity contribution in [1.29, 1.82) is 0 Å². The molecule has 11 heteroatoms. The molecule has 4 aromatic rings. The minimum atomic E-state index is 0.0164. The average Bonchev–Trinajstić information content (AvgIpc) is 3.61. The predicted molar refractivity (Wildman–Crippen MR) is 208 cm³/mol. The van der Waals surface area contributed by atoms with Crippen molar-refractivity contribution >= 4 is 47.0 Å². The number of piperidine rings is 1. The molecule has 1 saturated heterocycles. The van der Waals surface area contributed by atoms with Crippen LogP contribution in [0.2, 0.25) is 0 Å². The van der Waals surface area contributed by atoms with E-state index < -0.39 is 0 Å². The zero-order valence-electron chi connectivity index (χ0n) is 30.9. The molecule has 53 heavy (non-hydrogen) atoms. The lowest BCUT2D eigenvalue weighted by Crippen LogP contribution is -2.37. The average molecular weight is 720 g/mol. The van der Waals surface area contributed by atoms with Crippen LogP contribution in [-0.2, 0) is 29.0 Å². The molecular formula is C42H49N5O6. The van der Waals surface area contributed by atoms with E-state index in [9.17, 15) is 14.4 Å². The molecule has 0 saturated carbocycles. The number of likely N-dealkylation sites (N-methyl/N-ethyl adjacent to an activating group) is 1. The third kappa shape index (κ3) is 9.22. The number of carbonyl (C=O) groups excluding carboxylic acids is 3. The number of benzene rings is 4. The van der Waals surface area contributed by atoms with Crippen molar-refractivity contribution in [2.24, 2.45) is 4.99 Å². The van der Waals surface area contributed by atoms with E-state index in [4.69, 9.17) is 19.2 Å². The maximum absolute atomic E-state index is 13.9. The third-order valence-corrected chi connectivity index (χ3v) is 10.1. The fraction of sp³-hybridized carbons (Fsp3) is 0.381. The van der Waals surface area contributed by atoms with Gasteiger partial charge in [0.25, 0.3) is 0 Å². The van der Waals surface area contributed by atoms with E-state index in [1.807, 2.05) is 60.6 Å². The highest BCUT2D eigenvalue weighted by atomic mass is 16.5. The Morgan fingerprint density at radius 3 is 2.57 bits per heavy atom. The number of aliphatic imine (C=N–C) groups is 1. The first-order valence-corrected chi connectivity index (χ1v) is 18.3. The molecule has 2 heterocycles. The molecule has 0 radical (unpaired) electrons. The molecule has 0 bridgehead atoms. The van der Waals surface area contributed by atoms with E-state index in [1.54, 1.807) is 19.2 Å². The summed E-state index contributed by atoms with van der Waals surface area (Å²) in [6, 6.07) is 21.7. The fourth-order valence-electron chi connectivity index (χ4n) is 7.11. The van der Waals surface area contributed by atoms with Gasteiger partial charge < -0.3 is 29.3 Å². The molecule has 6 rings (SSSR count). The van der Waals surface area contributed by atoms with Crippen LogP contribution in [0.15, 0.2) is 71.7 Å². The number of fused-ring (bicyclic) bond motifs is 3. The van der Waals surface area contributed by atoms with Gasteiger partial charge in [-0.1, -0.05) is 55.0 Å². The van der Waals surface area contributed by atoms with Gasteiger partial charge in [-0.15, -0.1) is 0 Å². The summed E-state index contributed by atoms with van der Waals surface area (Å²) in [5, 5.41) is 4.82. The Hall–Kier alpha value is -5.26. The number of nitrogens with zero attached hydrogens (tertiary/aromatic N) is 4. The summed E-state index contributed by atoms with van der Waals surface area (Å²) in [5.41, 5.74) is 4.82. The van der Waals surface area contributed by atoms with Crippen LogP contribution in [0.3, 0.4) is 0 Å². The van der Waals surface area contributed by atoms with Gasteiger partial charge in [-0.3, -0.25) is 24.3 Å². The van der Waals surface area contributed by atoms with Crippen molar-refractivity contribution in [3.05, 3.63) is 89.0 Å². The lowest BCUT2D eigenvalue weighted by Gasteiger charge is -2.29. The van der Waals surface area contributed by atoms with Crippen LogP contribution >= 0.6 is 0 Å². The van der Waals surface area contributed by atoms with Crippen LogP contribution in [-0.4, -0.2) is 101 Å². The van der Waals surface area contributed by atoms with Gasteiger partial charge in [0.15, 0.2) is 17.8 Å². The van der Waals surface area contributed by atoms with Crippen molar-refractivity contribution in [3.8, 4) is 17.2 Å². The van der Waals surface area contributed by atoms with Crippen molar-refractivity contribution in [2.75, 3.05) is 65.4 Å². The van der Waals surface area contributed by atoms with Crippen LogP contribution in [0.4, 0.5) is 11.4 Å². The maximum atomic E-state index is 13.9. The molecule has 1 fully saturated rings. The Morgan fingerprint density at radius 1 is 0.943 bits per heavy atom. The molecule has 11 nitrogen and oxygen atoms in total. The van der Waals surface area contributed by atoms with Crippen LogP contribution in [0.25, 0.3) is 10.8 Å². The molecule has 278 valence electrons. The Labute approximate surface area is 311 Å². The van der Waals surface area contributed by atoms with Crippen LogP contribution in [0, 0.1) is 0 Å². The summed E-state index contributed by atoms with van der Waals surface area (Å²) in [7, 11) is 5.64. The second-order valence-electron chi connectivity index (χ2n) is 13.7. The molecule has 2 amide bonds. The van der Waals surface area contributed by atoms with E-state index in [-0.39, 0.29) is 25.0 Å². The first-order valence-electron chi connectivity index (χ1n) is 18.3. The van der Waals surface area contributed by atoms with E-state index >= 15 is 0 Å². The first kappa shape index (κ1) is 37.5. The minimum absolute atomic E-state index is 0.0164. The van der Waals surface area contributed by atoms with Gasteiger partial charge in [0.2, 0.25) is 12.3 Å². The highest BCUT2D eigenvalue weighted by Gasteiger charge is 2.28. The SMILES string of the molecule is COc1cc(C=O)c(N=CC2CCCCN2C)cc1OCc1cccc(CC(=O)N2CCc3c2cc(OCCN(C)CCNC=O)c2ccccc32)c1. The second-order valence-corrected chi connectivity index (χ2v) is 13.7. The number of aldehydes is 1. The summed E-state index contributed by atoms with van der Waals surface area (Å²) < 4.78 is 18.1. The van der Waals surface area contributed by atoms with Crippen molar-refractivity contribution in [1.82, 2.24) is 15.1 Å². The summed E-state index contributed by atoms with van der Waals surface area (Å²) in [6.07, 6.45) is 7.80. The summed E-state index contributed by atoms with van der Waals surface area (Å²) in [5.74, 6) is 1.71. The fourth-order valence-corrected chi connectivity index (χ4v) is 7.11. The number of carbonyl (C=O) groups is 3. The van der Waals surface area contributed by atoms with E-state index in [0.717, 1.165) is 77.5 Å². The molecular weight excluding hydrogens is 670 g/mol. The number of amides is 2. The number of rotatable bonds is 17. The highest BCUT2D eigenvalue weighted by Crippen LogP contribution is 2.40. The second kappa shape index (κ2) is 18.0. The Morgan fingerprint density at radius 2 is 1.77 bits per heavy atom. The summed E-state index contributed by atoms with van der Waals surface area (Å²) >= 11 is 0. The van der Waals surface area contributed by atoms with Gasteiger partial charge in [0, 0.05) is 61.5 Å². The van der Waals surface area contributed by atoms with Crippen molar-refractivity contribution in [2.45, 2.75) is 44.8 Å². The maximum Gasteiger partial charge on any atom is 0.231 e. The van der Waals surface area contributed by atoms with E-state index in [2.05, 4.69) is 34.3 Å². The Kier molecular flexibility index (Phi) is 12.7. The molecule has 1 unspecified atom stereocenters. The highest BCUT2D eigenvalue weighted by molar-refractivity contribution is 6.03. The van der Waals surface area contributed by atoms with Crippen LogP contribution < -0.4 is 24.4 Å². The normalized spacial score (nSPS) is 15.8. The number of ether oxygens (including phenoxy) is 3. The third-order valence-electron chi connectivity index (χ3n) is 10.1. The molecule has 1 N–H and O–H groups in total. The monoisotopic (exact) mass is 719 g/mol. The van der Waals surface area contributed by atoms with E-state index in [0.29, 0.717) is 55.4 Å². The quantitative estimate of drug-likeness (QED) is 0.0852. The first-order chi connectivity index (χ1) is 25.9. The predicted octanol–water partition coefficient (Wildman–Crippen LogP) is 5.61. The molecule has 1 atom stereocenters. The zero-order valence-corrected chi connectivity index (χ0v) is 30.9. The molecule has 0 spiro atoms. The standard InChI is InChI=1S/C42H49N5O6/c1-45(18-15-43-29-49)19-20-52-39-25-38-35(34-12-4-5-13-36(34)39)14-17-47(38)42(50)22-30-9-8-10-31(21-30)28-53-41-24-37(32(27-48)23-40(41)51-3)44-26-33-11-6-7-16-46(33)2/h4-5,8-10,12-13,21,23-27,29,33H,6-7,11,14-20,22,28H2,1-3H3,(H,43,49). The topological polar surface area (TPSA) is 113 Å². The molecule has 2 aliphatic heterocycles. The van der Waals surface area contributed by atoms with Crippen molar-refractivity contribution < 1.29 is 28.6 Å². The lowest BCUT2D eigenvalue weighted by molar-refractivity contribution is -0.118. The minimum Gasteiger partial charge on any atom is -0.493 e. The smallest absolute Gasteiger partial charge is 0.231 e. The van der Waals surface area contributed by atoms with Gasteiger partial charge in [0.05, 0.1) is 24.9 Å². The van der Waals surface area contributed by atoms with Gasteiger partial charge in [-0.05, 0) is 68.0 Å². The van der Waals surface area contributed by atoms with Gasteiger partial charge in [0.1, 0.15) is 19.0 Å². The van der Waals surface area contributed by atoms with E-state index in [1.165, 1.54) is 6.42 Å². The largest absolute Gasteiger partial charge is 0.493 e. The van der Waals surface area contributed by atoms with Gasteiger partial charge in [-0.25, -0.2) is 0 Å². The Bertz CT molecular complexity index is 1950. The zero-order chi connectivity index (χ0) is 37.2. The van der Waals surface area contributed by atoms with Gasteiger partial charge >= 0.3 is 0 Å². The molecule has 0 aromatic heterocycles. The number of likely N-dealkylation sites (tertiary alicyclic amines) is 1. The molecule has 0 aliphatic carbocycles. The summed E-state index contributed by atoms with van der Waals surface area (Å²) in [4.78, 5) is 47.3. The van der Waals surface area contributed by atoms with Gasteiger partial charge in [-0.2, -0.15) is 0 Å². The molecule has 2 aliphatic rings. The van der Waals surface area contributed by atoms with Crippen molar-refractivity contribution in [3.63, 3.8) is 0 Å².